The van der Waals surface area contributed by atoms with Gasteiger partial charge < -0.3 is 24.4 Å². The number of halogens is 1. The first kappa shape index (κ1) is 35.9. The van der Waals surface area contributed by atoms with E-state index in [0.29, 0.717) is 39.5 Å². The Balaban J connectivity index is 1.58. The first-order chi connectivity index (χ1) is 22.4. The van der Waals surface area contributed by atoms with Crippen molar-refractivity contribution in [2.45, 2.75) is 118 Å². The minimum atomic E-state index is -0.976. The number of amides is 2. The van der Waals surface area contributed by atoms with Crippen LogP contribution in [0.5, 0.6) is 5.88 Å². The van der Waals surface area contributed by atoms with Crippen LogP contribution in [0.25, 0.3) is 17.1 Å². The molecule has 2 aliphatic heterocycles. The molecule has 2 aromatic rings. The van der Waals surface area contributed by atoms with Gasteiger partial charge in [-0.25, -0.2) is 19.6 Å². The van der Waals surface area contributed by atoms with Crippen molar-refractivity contribution in [2.75, 3.05) is 6.54 Å². The van der Waals surface area contributed by atoms with Gasteiger partial charge in [0.1, 0.15) is 35.6 Å². The van der Waals surface area contributed by atoms with Crippen LogP contribution in [-0.4, -0.2) is 69.3 Å². The summed E-state index contributed by atoms with van der Waals surface area (Å²) in [6.07, 6.45) is 5.86. The Bertz CT molecular complexity index is 1570. The van der Waals surface area contributed by atoms with Crippen LogP contribution in [-0.2, 0) is 19.1 Å². The lowest BCUT2D eigenvalue weighted by Gasteiger charge is -2.36. The lowest BCUT2D eigenvalue weighted by molar-refractivity contribution is -0.165. The van der Waals surface area contributed by atoms with Crippen molar-refractivity contribution in [1.29, 1.82) is 0 Å². The summed E-state index contributed by atoms with van der Waals surface area (Å²) in [7, 11) is 0. The predicted octanol–water partition coefficient (Wildman–Crippen LogP) is 7.22. The number of nitrogens with one attached hydrogen (secondary N) is 1. The van der Waals surface area contributed by atoms with Gasteiger partial charge in [-0.15, -0.1) is 0 Å². The number of ether oxygens (including phenoxy) is 3. The zero-order chi connectivity index (χ0) is 35.1. The smallest absolute Gasteiger partial charge is 0.408 e. The lowest BCUT2D eigenvalue weighted by Crippen LogP contribution is -2.58. The number of esters is 1. The lowest BCUT2D eigenvalue weighted by atomic mass is 9.85. The summed E-state index contributed by atoms with van der Waals surface area (Å²) < 4.78 is 18.5. The molecule has 8 atom stereocenters. The number of alkyl carbamates (subject to hydrolysis) is 1. The van der Waals surface area contributed by atoms with Crippen LogP contribution in [0, 0.1) is 29.1 Å². The molecule has 10 nitrogen and oxygen atoms in total. The van der Waals surface area contributed by atoms with Crippen LogP contribution in [0.4, 0.5) is 4.79 Å². The van der Waals surface area contributed by atoms with Crippen molar-refractivity contribution in [3.05, 3.63) is 35.0 Å². The summed E-state index contributed by atoms with van der Waals surface area (Å²) in [6.45, 7) is 17.4. The van der Waals surface area contributed by atoms with E-state index in [9.17, 15) is 14.4 Å². The number of nitrogens with zero attached hydrogens (tertiary/aromatic N) is 3. The number of carbonyl (C=O) groups is 3. The Labute approximate surface area is 289 Å². The van der Waals surface area contributed by atoms with Gasteiger partial charge in [0, 0.05) is 10.9 Å². The van der Waals surface area contributed by atoms with Crippen molar-refractivity contribution < 1.29 is 28.6 Å². The van der Waals surface area contributed by atoms with Crippen molar-refractivity contribution in [2.24, 2.45) is 29.1 Å². The Kier molecular flexibility index (Phi) is 10.4. The summed E-state index contributed by atoms with van der Waals surface area (Å²) >= 11 is 6.30. The highest BCUT2D eigenvalue weighted by molar-refractivity contribution is 6.31. The summed E-state index contributed by atoms with van der Waals surface area (Å²) in [5, 5.41) is 3.43. The third kappa shape index (κ3) is 7.90. The minimum absolute atomic E-state index is 0.0748. The molecule has 1 saturated carbocycles. The van der Waals surface area contributed by atoms with Gasteiger partial charge >= 0.3 is 12.1 Å². The fourth-order valence-corrected chi connectivity index (χ4v) is 7.44. The van der Waals surface area contributed by atoms with E-state index in [0.717, 1.165) is 25.7 Å². The largest absolute Gasteiger partial charge is 0.471 e. The Hall–Kier alpha value is -3.40. The average molecular weight is 683 g/mol. The number of benzene rings is 1. The van der Waals surface area contributed by atoms with E-state index in [1.165, 1.54) is 4.90 Å². The number of allylic oxidation sites excluding steroid dienone is 1. The van der Waals surface area contributed by atoms with Gasteiger partial charge in [0.15, 0.2) is 0 Å². The van der Waals surface area contributed by atoms with E-state index in [1.807, 2.05) is 39.8 Å². The normalized spacial score (nSPS) is 31.1. The van der Waals surface area contributed by atoms with Crippen LogP contribution < -0.4 is 10.1 Å². The van der Waals surface area contributed by atoms with E-state index in [-0.39, 0.29) is 18.6 Å². The average Bonchev–Trinajstić information content (AvgIpc) is 3.43. The van der Waals surface area contributed by atoms with Gasteiger partial charge in [0.2, 0.25) is 11.8 Å². The summed E-state index contributed by atoms with van der Waals surface area (Å²) in [6, 6.07) is 3.39. The fraction of sp³-hybridized carbons (Fsp3) is 0.649. The highest BCUT2D eigenvalue weighted by Crippen LogP contribution is 2.42. The minimum Gasteiger partial charge on any atom is -0.471 e. The molecular formula is C37H51ClN4O6. The molecule has 1 N–H and O–H groups in total. The summed E-state index contributed by atoms with van der Waals surface area (Å²) in [4.78, 5) is 53.0. The molecule has 48 heavy (non-hydrogen) atoms. The maximum atomic E-state index is 14.5. The fourth-order valence-electron chi connectivity index (χ4n) is 7.27. The highest BCUT2D eigenvalue weighted by Gasteiger charge is 2.52. The molecule has 0 radical (unpaired) electrons. The summed E-state index contributed by atoms with van der Waals surface area (Å²) in [5.74, 6) is -0.149. The number of hydrogen-bond acceptors (Lipinski definition) is 8. The second kappa shape index (κ2) is 13.8. The molecule has 262 valence electrons. The zero-order valence-electron chi connectivity index (χ0n) is 29.7. The molecule has 2 fully saturated rings. The molecule has 2 amide bonds. The predicted molar refractivity (Wildman–Crippen MR) is 185 cm³/mol. The van der Waals surface area contributed by atoms with E-state index < -0.39 is 53.1 Å². The molecule has 1 aromatic carbocycles. The van der Waals surface area contributed by atoms with Crippen LogP contribution in [0.3, 0.4) is 0 Å². The van der Waals surface area contributed by atoms with Crippen molar-refractivity contribution in [3.8, 4) is 5.88 Å². The highest BCUT2D eigenvalue weighted by atomic mass is 35.5. The molecule has 11 heteroatoms. The number of rotatable bonds is 1. The molecule has 5 rings (SSSR count). The SMILES string of the molecule is C[C@@H]1[C@@H]2CN(C(=O)[C@H](C(C)(C)C)NC(=O)O[C@@H]3C[C@H](C)[C@H](C)[C@H]3CCC/C=C/c3nc4ccc(Cl)cc4nc3O2)[C@@H]1C(=O)OC(C)(C)C. The van der Waals surface area contributed by atoms with Crippen molar-refractivity contribution in [1.82, 2.24) is 20.2 Å². The number of hydrogen-bond donors (Lipinski definition) is 1. The molecule has 1 aliphatic carbocycles. The van der Waals surface area contributed by atoms with Gasteiger partial charge in [0.05, 0.1) is 17.6 Å². The van der Waals surface area contributed by atoms with Crippen molar-refractivity contribution in [3.63, 3.8) is 0 Å². The van der Waals surface area contributed by atoms with Crippen molar-refractivity contribution >= 4 is 46.7 Å². The molecule has 1 aromatic heterocycles. The molecule has 2 bridgehead atoms. The zero-order valence-corrected chi connectivity index (χ0v) is 30.5. The molecule has 1 saturated heterocycles. The monoisotopic (exact) mass is 682 g/mol. The number of carbonyl (C=O) groups excluding carboxylic acids is 3. The van der Waals surface area contributed by atoms with E-state index >= 15 is 0 Å². The first-order valence-corrected chi connectivity index (χ1v) is 17.6. The third-order valence-corrected chi connectivity index (χ3v) is 10.3. The Morgan fingerprint density at radius 3 is 2.42 bits per heavy atom. The maximum Gasteiger partial charge on any atom is 0.408 e. The number of aromatic nitrogens is 2. The standard InChI is InChI=1S/C37H51ClN4O6/c1-20-17-28-24(21(20)2)13-11-10-12-14-26-32(40-27-18-23(38)15-16-25(27)39-26)46-29-19-42(30(22(29)3)34(44)48-37(7,8)9)33(43)31(36(4,5)6)41-35(45)47-28/h12,14-16,18,20-22,24,28-31H,10-11,13,17,19H2,1-9H3,(H,41,45)/b14-12+/t20-,21-,22+,24+,28+,29-,30-,31+/m0/s1. The van der Waals surface area contributed by atoms with Crippen LogP contribution in [0.1, 0.15) is 93.7 Å². The Morgan fingerprint density at radius 2 is 1.73 bits per heavy atom. The van der Waals surface area contributed by atoms with Gasteiger partial charge in [0.25, 0.3) is 0 Å². The van der Waals surface area contributed by atoms with Crippen LogP contribution in [0.2, 0.25) is 5.02 Å². The second-order valence-electron chi connectivity index (χ2n) is 16.0. The van der Waals surface area contributed by atoms with Crippen LogP contribution in [0.15, 0.2) is 24.3 Å². The molecule has 0 spiro atoms. The molecular weight excluding hydrogens is 632 g/mol. The number of fused-ring (bicyclic) bond motifs is 5. The molecule has 3 heterocycles. The summed E-state index contributed by atoms with van der Waals surface area (Å²) in [5.41, 5.74) is 0.323. The van der Waals surface area contributed by atoms with Gasteiger partial charge in [-0.1, -0.05) is 59.2 Å². The topological polar surface area (TPSA) is 120 Å². The van der Waals surface area contributed by atoms with Gasteiger partial charge in [-0.3, -0.25) is 4.79 Å². The third-order valence-electron chi connectivity index (χ3n) is 10.1. The second-order valence-corrected chi connectivity index (χ2v) is 16.4. The molecule has 3 aliphatic rings. The van der Waals surface area contributed by atoms with E-state index in [4.69, 9.17) is 35.8 Å². The van der Waals surface area contributed by atoms with Gasteiger partial charge in [-0.05, 0) is 93.9 Å². The first-order valence-electron chi connectivity index (χ1n) is 17.2. The van der Waals surface area contributed by atoms with Crippen LogP contribution >= 0.6 is 11.6 Å². The van der Waals surface area contributed by atoms with Gasteiger partial charge in [-0.2, -0.15) is 0 Å². The Morgan fingerprint density at radius 1 is 1.00 bits per heavy atom. The maximum absolute atomic E-state index is 14.5. The van der Waals surface area contributed by atoms with E-state index in [2.05, 4.69) is 25.2 Å². The molecule has 0 unspecified atom stereocenters. The van der Waals surface area contributed by atoms with E-state index in [1.54, 1.807) is 32.9 Å². The quantitative estimate of drug-likeness (QED) is 0.313.